The zero-order chi connectivity index (χ0) is 15.4. The van der Waals surface area contributed by atoms with Gasteiger partial charge in [0.25, 0.3) is 0 Å². The van der Waals surface area contributed by atoms with E-state index in [0.717, 1.165) is 42.3 Å². The molecule has 0 unspecified atom stereocenters. The van der Waals surface area contributed by atoms with Crippen LogP contribution < -0.4 is 4.74 Å². The van der Waals surface area contributed by atoms with Crippen LogP contribution in [0.25, 0.3) is 11.3 Å². The van der Waals surface area contributed by atoms with Gasteiger partial charge >= 0.3 is 5.97 Å². The second-order valence-electron chi connectivity index (χ2n) is 4.91. The van der Waals surface area contributed by atoms with E-state index in [1.54, 1.807) is 7.11 Å². The Labute approximate surface area is 132 Å². The molecule has 1 atom stereocenters. The lowest BCUT2D eigenvalue weighted by Crippen LogP contribution is -2.17. The van der Waals surface area contributed by atoms with Crippen LogP contribution in [0, 0.1) is 0 Å². The van der Waals surface area contributed by atoms with Crippen LogP contribution in [0.3, 0.4) is 0 Å². The van der Waals surface area contributed by atoms with Crippen LogP contribution in [0.2, 0.25) is 0 Å². The quantitative estimate of drug-likeness (QED) is 0.789. The number of hydrogen-bond acceptors (Lipinski definition) is 7. The first kappa shape index (κ1) is 14.9. The van der Waals surface area contributed by atoms with Crippen molar-refractivity contribution >= 4 is 17.5 Å². The number of aromatic nitrogens is 2. The van der Waals surface area contributed by atoms with E-state index in [0.29, 0.717) is 10.6 Å². The van der Waals surface area contributed by atoms with Gasteiger partial charge in [0.15, 0.2) is 4.88 Å². The van der Waals surface area contributed by atoms with E-state index in [4.69, 9.17) is 14.2 Å². The number of nitrogens with zero attached hydrogens (tertiary/aromatic N) is 2. The normalized spacial score (nSPS) is 17.4. The second-order valence-corrected chi connectivity index (χ2v) is 5.67. The first-order valence-corrected chi connectivity index (χ1v) is 7.81. The van der Waals surface area contributed by atoms with Crippen molar-refractivity contribution in [3.63, 3.8) is 0 Å². The number of carbonyl (C=O) groups is 1. The monoisotopic (exact) mass is 320 g/mol. The molecule has 1 aliphatic rings. The highest BCUT2D eigenvalue weighted by atomic mass is 32.1. The summed E-state index contributed by atoms with van der Waals surface area (Å²) in [5.74, 6) is 0.339. The number of rotatable bonds is 5. The summed E-state index contributed by atoms with van der Waals surface area (Å²) in [6.45, 7) is 1.01. The summed E-state index contributed by atoms with van der Waals surface area (Å²) < 4.78 is 19.8. The smallest absolute Gasteiger partial charge is 0.352 e. The maximum absolute atomic E-state index is 12.2. The fraction of sp³-hybridized carbons (Fsp3) is 0.400. The van der Waals surface area contributed by atoms with Gasteiger partial charge in [-0.2, -0.15) is 0 Å². The summed E-state index contributed by atoms with van der Waals surface area (Å²) in [6, 6.07) is 7.31. The zero-order valence-electron chi connectivity index (χ0n) is 12.2. The largest absolute Gasteiger partial charge is 0.497 e. The van der Waals surface area contributed by atoms with Crippen LogP contribution in [0.4, 0.5) is 0 Å². The van der Waals surface area contributed by atoms with Crippen LogP contribution in [0.5, 0.6) is 5.75 Å². The van der Waals surface area contributed by atoms with Crippen molar-refractivity contribution in [2.24, 2.45) is 0 Å². The summed E-state index contributed by atoms with van der Waals surface area (Å²) in [7, 11) is 1.60. The van der Waals surface area contributed by atoms with E-state index < -0.39 is 5.97 Å². The van der Waals surface area contributed by atoms with Crippen molar-refractivity contribution in [2.75, 3.05) is 20.3 Å². The highest BCUT2D eigenvalue weighted by Crippen LogP contribution is 2.26. The molecule has 0 radical (unpaired) electrons. The minimum atomic E-state index is -0.406. The molecule has 1 fully saturated rings. The Hall–Kier alpha value is -1.99. The van der Waals surface area contributed by atoms with Gasteiger partial charge in [-0.25, -0.2) is 4.79 Å². The third-order valence-corrected chi connectivity index (χ3v) is 4.17. The third kappa shape index (κ3) is 3.26. The highest BCUT2D eigenvalue weighted by molar-refractivity contribution is 7.08. The molecular weight excluding hydrogens is 304 g/mol. The summed E-state index contributed by atoms with van der Waals surface area (Å²) in [5, 5.41) is 4.04. The molecule has 0 N–H and O–H groups in total. The average Bonchev–Trinajstić information content (AvgIpc) is 3.24. The van der Waals surface area contributed by atoms with E-state index >= 15 is 0 Å². The number of ether oxygens (including phenoxy) is 3. The molecule has 2 aromatic rings. The second kappa shape index (κ2) is 6.85. The highest BCUT2D eigenvalue weighted by Gasteiger charge is 2.22. The molecule has 0 bridgehead atoms. The number of benzene rings is 1. The van der Waals surface area contributed by atoms with Gasteiger partial charge in [-0.15, -0.1) is 5.10 Å². The Kier molecular flexibility index (Phi) is 4.65. The summed E-state index contributed by atoms with van der Waals surface area (Å²) in [5.41, 5.74) is 1.34. The zero-order valence-corrected chi connectivity index (χ0v) is 13.0. The Morgan fingerprint density at radius 2 is 2.23 bits per heavy atom. The van der Waals surface area contributed by atoms with E-state index in [1.165, 1.54) is 0 Å². The van der Waals surface area contributed by atoms with Crippen molar-refractivity contribution in [2.45, 2.75) is 18.9 Å². The maximum Gasteiger partial charge on any atom is 0.352 e. The minimum Gasteiger partial charge on any atom is -0.497 e. The topological polar surface area (TPSA) is 70.5 Å². The molecule has 1 saturated heterocycles. The van der Waals surface area contributed by atoms with E-state index in [1.807, 2.05) is 24.3 Å². The summed E-state index contributed by atoms with van der Waals surface area (Å²) in [4.78, 5) is 12.6. The molecule has 22 heavy (non-hydrogen) atoms. The maximum atomic E-state index is 12.2. The first-order chi connectivity index (χ1) is 10.8. The lowest BCUT2D eigenvalue weighted by atomic mass is 10.1. The first-order valence-electron chi connectivity index (χ1n) is 7.03. The molecular formula is C15H16N2O4S. The molecule has 0 spiro atoms. The van der Waals surface area contributed by atoms with E-state index in [9.17, 15) is 4.79 Å². The van der Waals surface area contributed by atoms with Crippen molar-refractivity contribution in [3.8, 4) is 17.0 Å². The molecule has 6 nitrogen and oxygen atoms in total. The van der Waals surface area contributed by atoms with E-state index in [-0.39, 0.29) is 12.7 Å². The van der Waals surface area contributed by atoms with E-state index in [2.05, 4.69) is 9.59 Å². The van der Waals surface area contributed by atoms with Crippen molar-refractivity contribution in [1.29, 1.82) is 0 Å². The third-order valence-electron chi connectivity index (χ3n) is 3.46. The van der Waals surface area contributed by atoms with Gasteiger partial charge in [0, 0.05) is 12.2 Å². The number of esters is 1. The summed E-state index contributed by atoms with van der Waals surface area (Å²) in [6.07, 6.45) is 1.95. The van der Waals surface area contributed by atoms with Gasteiger partial charge in [0.1, 0.15) is 18.1 Å². The fourth-order valence-electron chi connectivity index (χ4n) is 2.27. The molecule has 116 valence electrons. The Bertz CT molecular complexity index is 635. The molecule has 0 aliphatic carbocycles. The van der Waals surface area contributed by atoms with Crippen LogP contribution >= 0.6 is 11.5 Å². The fourth-order valence-corrected chi connectivity index (χ4v) is 2.86. The molecule has 1 aliphatic heterocycles. The molecule has 0 saturated carbocycles. The van der Waals surface area contributed by atoms with Crippen LogP contribution in [0.1, 0.15) is 22.5 Å². The van der Waals surface area contributed by atoms with Gasteiger partial charge in [-0.05, 0) is 48.6 Å². The lowest BCUT2D eigenvalue weighted by molar-refractivity contribution is 0.0166. The molecule has 7 heteroatoms. The lowest BCUT2D eigenvalue weighted by Gasteiger charge is -2.09. The van der Waals surface area contributed by atoms with Crippen molar-refractivity contribution in [3.05, 3.63) is 29.1 Å². The molecule has 0 amide bonds. The van der Waals surface area contributed by atoms with Crippen molar-refractivity contribution < 1.29 is 19.0 Å². The SMILES string of the molecule is COc1ccc(-c2nnsc2C(=O)OC[C@@H]2CCCO2)cc1. The van der Waals surface area contributed by atoms with Crippen LogP contribution in [-0.4, -0.2) is 42.0 Å². The average molecular weight is 320 g/mol. The molecule has 2 heterocycles. The van der Waals surface area contributed by atoms with Gasteiger partial charge in [0.05, 0.1) is 13.2 Å². The Balaban J connectivity index is 1.71. The van der Waals surface area contributed by atoms with Gasteiger partial charge < -0.3 is 14.2 Å². The molecule has 1 aromatic carbocycles. The van der Waals surface area contributed by atoms with Crippen LogP contribution in [0.15, 0.2) is 24.3 Å². The van der Waals surface area contributed by atoms with Gasteiger partial charge in [-0.1, -0.05) is 4.49 Å². The van der Waals surface area contributed by atoms with Crippen LogP contribution in [-0.2, 0) is 9.47 Å². The minimum absolute atomic E-state index is 0.00858. The van der Waals surface area contributed by atoms with Gasteiger partial charge in [0.2, 0.25) is 0 Å². The number of methoxy groups -OCH3 is 1. The summed E-state index contributed by atoms with van der Waals surface area (Å²) >= 11 is 1.04. The number of hydrogen-bond donors (Lipinski definition) is 0. The molecule has 1 aromatic heterocycles. The predicted molar refractivity (Wildman–Crippen MR) is 81.2 cm³/mol. The standard InChI is InChI=1S/C15H16N2O4S/c1-19-11-6-4-10(5-7-11)13-14(22-17-16-13)15(18)21-9-12-3-2-8-20-12/h4-7,12H,2-3,8-9H2,1H3/t12-/m0/s1. The number of carbonyl (C=O) groups excluding carboxylic acids is 1. The van der Waals surface area contributed by atoms with Gasteiger partial charge in [-0.3, -0.25) is 0 Å². The molecule has 3 rings (SSSR count). The Morgan fingerprint density at radius 1 is 1.41 bits per heavy atom. The predicted octanol–water partition coefficient (Wildman–Crippen LogP) is 2.55. The Morgan fingerprint density at radius 3 is 2.91 bits per heavy atom. The van der Waals surface area contributed by atoms with Crippen molar-refractivity contribution in [1.82, 2.24) is 9.59 Å².